The van der Waals surface area contributed by atoms with Crippen LogP contribution in [0.15, 0.2) is 47.4 Å². The molecule has 0 saturated carbocycles. The summed E-state index contributed by atoms with van der Waals surface area (Å²) in [6.07, 6.45) is 0.630. The summed E-state index contributed by atoms with van der Waals surface area (Å²) in [7, 11) is -3.66. The van der Waals surface area contributed by atoms with Crippen LogP contribution in [0.5, 0.6) is 11.5 Å². The average Bonchev–Trinajstić information content (AvgIpc) is 2.67. The van der Waals surface area contributed by atoms with Gasteiger partial charge in [-0.3, -0.25) is 4.79 Å². The van der Waals surface area contributed by atoms with E-state index in [2.05, 4.69) is 4.72 Å². The van der Waals surface area contributed by atoms with Gasteiger partial charge in [0.1, 0.15) is 13.2 Å². The van der Waals surface area contributed by atoms with Crippen LogP contribution in [0.4, 0.5) is 0 Å². The Bertz CT molecular complexity index is 939. The predicted octanol–water partition coefficient (Wildman–Crippen LogP) is 3.13. The number of fused-ring (bicyclic) bond motifs is 1. The standard InChI is InChI=1S/C20H23NO5S/c1-14(16-6-7-19-20(13-16)26-11-10-25-19)8-9-21-27(23,24)18-5-3-4-17(12-18)15(2)22/h3-7,12-14,21H,8-11H2,1-2H3. The van der Waals surface area contributed by atoms with Crippen molar-refractivity contribution in [3.63, 3.8) is 0 Å². The van der Waals surface area contributed by atoms with E-state index < -0.39 is 10.0 Å². The largest absolute Gasteiger partial charge is 0.486 e. The third-order valence-electron chi connectivity index (χ3n) is 4.56. The molecule has 0 bridgehead atoms. The summed E-state index contributed by atoms with van der Waals surface area (Å²) in [5, 5.41) is 0. The highest BCUT2D eigenvalue weighted by atomic mass is 32.2. The van der Waals surface area contributed by atoms with E-state index in [0.717, 1.165) is 17.1 Å². The van der Waals surface area contributed by atoms with Crippen molar-refractivity contribution >= 4 is 15.8 Å². The first-order chi connectivity index (χ1) is 12.9. The Morgan fingerprint density at radius 1 is 1.11 bits per heavy atom. The van der Waals surface area contributed by atoms with Crippen LogP contribution >= 0.6 is 0 Å². The molecule has 0 spiro atoms. The number of sulfonamides is 1. The van der Waals surface area contributed by atoms with Crippen LogP contribution in [0.25, 0.3) is 0 Å². The van der Waals surface area contributed by atoms with Crippen LogP contribution in [0, 0.1) is 0 Å². The summed E-state index contributed by atoms with van der Waals surface area (Å²) in [5.74, 6) is 1.45. The number of ketones is 1. The number of carbonyl (C=O) groups is 1. The number of Topliss-reactive ketones (excluding diaryl/α,β-unsaturated/α-hetero) is 1. The Labute approximate surface area is 159 Å². The Kier molecular flexibility index (Phi) is 5.82. The van der Waals surface area contributed by atoms with E-state index in [9.17, 15) is 13.2 Å². The summed E-state index contributed by atoms with van der Waals surface area (Å²) in [6, 6.07) is 11.9. The van der Waals surface area contributed by atoms with E-state index in [1.807, 2.05) is 25.1 Å². The summed E-state index contributed by atoms with van der Waals surface area (Å²) in [4.78, 5) is 11.6. The molecule has 144 valence electrons. The first-order valence-electron chi connectivity index (χ1n) is 8.87. The molecule has 0 fully saturated rings. The van der Waals surface area contributed by atoms with E-state index in [4.69, 9.17) is 9.47 Å². The van der Waals surface area contributed by atoms with Gasteiger partial charge in [0, 0.05) is 12.1 Å². The lowest BCUT2D eigenvalue weighted by Gasteiger charge is -2.20. The average molecular weight is 389 g/mol. The van der Waals surface area contributed by atoms with Crippen molar-refractivity contribution in [3.8, 4) is 11.5 Å². The predicted molar refractivity (Wildman–Crippen MR) is 102 cm³/mol. The second-order valence-corrected chi connectivity index (χ2v) is 8.34. The third kappa shape index (κ3) is 4.67. The first kappa shape index (κ1) is 19.4. The van der Waals surface area contributed by atoms with Gasteiger partial charge in [-0.1, -0.05) is 25.1 Å². The normalized spacial score (nSPS) is 14.6. The summed E-state index contributed by atoms with van der Waals surface area (Å²) in [5.41, 5.74) is 1.44. The zero-order valence-corrected chi connectivity index (χ0v) is 16.2. The highest BCUT2D eigenvalue weighted by Gasteiger charge is 2.17. The summed E-state index contributed by atoms with van der Waals surface area (Å²) < 4.78 is 38.6. The fraction of sp³-hybridized carbons (Fsp3) is 0.350. The topological polar surface area (TPSA) is 81.7 Å². The highest BCUT2D eigenvalue weighted by Crippen LogP contribution is 2.33. The monoisotopic (exact) mass is 389 g/mol. The lowest BCUT2D eigenvalue weighted by molar-refractivity contribution is 0.101. The Morgan fingerprint density at radius 3 is 2.59 bits per heavy atom. The van der Waals surface area contributed by atoms with Crippen molar-refractivity contribution in [2.75, 3.05) is 19.8 Å². The molecule has 1 unspecified atom stereocenters. The van der Waals surface area contributed by atoms with Crippen molar-refractivity contribution in [1.29, 1.82) is 0 Å². The van der Waals surface area contributed by atoms with Gasteiger partial charge in [0.25, 0.3) is 0 Å². The van der Waals surface area contributed by atoms with E-state index in [1.54, 1.807) is 12.1 Å². The molecule has 1 N–H and O–H groups in total. The van der Waals surface area contributed by atoms with Crippen molar-refractivity contribution < 1.29 is 22.7 Å². The first-order valence-corrected chi connectivity index (χ1v) is 10.4. The fourth-order valence-electron chi connectivity index (χ4n) is 2.91. The number of carbonyl (C=O) groups excluding carboxylic acids is 1. The zero-order chi connectivity index (χ0) is 19.4. The minimum absolute atomic E-state index is 0.0992. The molecule has 0 aliphatic carbocycles. The molecule has 0 aromatic heterocycles. The molecule has 7 heteroatoms. The van der Waals surface area contributed by atoms with Crippen LogP contribution in [-0.2, 0) is 10.0 Å². The number of hydrogen-bond acceptors (Lipinski definition) is 5. The van der Waals surface area contributed by atoms with Gasteiger partial charge in [-0.15, -0.1) is 0 Å². The maximum atomic E-state index is 12.5. The lowest BCUT2D eigenvalue weighted by atomic mass is 9.97. The van der Waals surface area contributed by atoms with Crippen LogP contribution in [0.3, 0.4) is 0 Å². The van der Waals surface area contributed by atoms with Crippen molar-refractivity contribution in [2.24, 2.45) is 0 Å². The van der Waals surface area contributed by atoms with Gasteiger partial charge in [-0.2, -0.15) is 0 Å². The number of rotatable bonds is 7. The van der Waals surface area contributed by atoms with Gasteiger partial charge >= 0.3 is 0 Å². The molecule has 1 aliphatic rings. The lowest BCUT2D eigenvalue weighted by Crippen LogP contribution is -2.26. The van der Waals surface area contributed by atoms with Gasteiger partial charge in [0.15, 0.2) is 17.3 Å². The van der Waals surface area contributed by atoms with Crippen molar-refractivity contribution in [1.82, 2.24) is 4.72 Å². The maximum Gasteiger partial charge on any atom is 0.240 e. The molecular weight excluding hydrogens is 366 g/mol. The van der Waals surface area contributed by atoms with Crippen molar-refractivity contribution in [3.05, 3.63) is 53.6 Å². The zero-order valence-electron chi connectivity index (χ0n) is 15.4. The number of benzene rings is 2. The van der Waals surface area contributed by atoms with Gasteiger partial charge < -0.3 is 9.47 Å². The van der Waals surface area contributed by atoms with Gasteiger partial charge in [0.05, 0.1) is 4.90 Å². The molecule has 1 heterocycles. The maximum absolute atomic E-state index is 12.5. The molecule has 3 rings (SSSR count). The summed E-state index contributed by atoms with van der Waals surface area (Å²) >= 11 is 0. The molecule has 0 radical (unpaired) electrons. The van der Waals surface area contributed by atoms with E-state index in [-0.39, 0.29) is 16.6 Å². The third-order valence-corrected chi connectivity index (χ3v) is 6.01. The van der Waals surface area contributed by atoms with Gasteiger partial charge in [0.2, 0.25) is 10.0 Å². The number of hydrogen-bond donors (Lipinski definition) is 1. The molecule has 2 aromatic carbocycles. The van der Waals surface area contributed by atoms with E-state index >= 15 is 0 Å². The van der Waals surface area contributed by atoms with Crippen LogP contribution in [-0.4, -0.2) is 34.0 Å². The molecule has 1 aliphatic heterocycles. The SMILES string of the molecule is CC(=O)c1cccc(S(=O)(=O)NCCC(C)c2ccc3c(c2)OCCO3)c1. The highest BCUT2D eigenvalue weighted by molar-refractivity contribution is 7.89. The molecule has 6 nitrogen and oxygen atoms in total. The molecule has 0 saturated heterocycles. The number of nitrogens with one attached hydrogen (secondary N) is 1. The van der Waals surface area contributed by atoms with Gasteiger partial charge in [-0.05, 0) is 49.1 Å². The van der Waals surface area contributed by atoms with Crippen LogP contribution < -0.4 is 14.2 Å². The van der Waals surface area contributed by atoms with Crippen LogP contribution in [0.1, 0.15) is 42.1 Å². The van der Waals surface area contributed by atoms with Crippen LogP contribution in [0.2, 0.25) is 0 Å². The number of ether oxygens (including phenoxy) is 2. The van der Waals surface area contributed by atoms with E-state index in [1.165, 1.54) is 19.1 Å². The smallest absolute Gasteiger partial charge is 0.240 e. The summed E-state index contributed by atoms with van der Waals surface area (Å²) in [6.45, 7) is 4.82. The molecule has 27 heavy (non-hydrogen) atoms. The Hall–Kier alpha value is -2.38. The second kappa shape index (κ2) is 8.10. The minimum Gasteiger partial charge on any atom is -0.486 e. The van der Waals surface area contributed by atoms with Crippen molar-refractivity contribution in [2.45, 2.75) is 31.1 Å². The molecule has 2 aromatic rings. The van der Waals surface area contributed by atoms with E-state index in [0.29, 0.717) is 31.7 Å². The second-order valence-electron chi connectivity index (χ2n) is 6.57. The fourth-order valence-corrected chi connectivity index (χ4v) is 4.00. The Morgan fingerprint density at radius 2 is 1.85 bits per heavy atom. The quantitative estimate of drug-likeness (QED) is 0.736. The van der Waals surface area contributed by atoms with Gasteiger partial charge in [-0.25, -0.2) is 13.1 Å². The molecule has 1 atom stereocenters. The minimum atomic E-state index is -3.66. The molecule has 0 amide bonds. The molecular formula is C20H23NO5S. The Balaban J connectivity index is 1.61.